The van der Waals surface area contributed by atoms with Crippen molar-refractivity contribution in [1.29, 1.82) is 5.26 Å². The van der Waals surface area contributed by atoms with Gasteiger partial charge in [-0.1, -0.05) is 30.3 Å². The van der Waals surface area contributed by atoms with E-state index in [1.165, 1.54) is 5.56 Å². The third-order valence-corrected chi connectivity index (χ3v) is 2.73. The summed E-state index contributed by atoms with van der Waals surface area (Å²) in [6.45, 7) is 0. The van der Waals surface area contributed by atoms with Crippen LogP contribution in [0.5, 0.6) is 5.75 Å². The van der Waals surface area contributed by atoms with E-state index in [0.29, 0.717) is 5.56 Å². The van der Waals surface area contributed by atoms with Gasteiger partial charge in [-0.2, -0.15) is 5.26 Å². The van der Waals surface area contributed by atoms with E-state index in [0.717, 1.165) is 18.4 Å². The molecule has 1 N–H and O–H groups in total. The molecule has 0 unspecified atom stereocenters. The highest BCUT2D eigenvalue weighted by molar-refractivity contribution is 5.41. The zero-order valence-electron chi connectivity index (χ0n) is 9.43. The van der Waals surface area contributed by atoms with Crippen LogP contribution in [0, 0.1) is 11.3 Å². The number of aryl methyl sites for hydroxylation is 2. The maximum Gasteiger partial charge on any atom is 0.118 e. The van der Waals surface area contributed by atoms with Crippen LogP contribution >= 0.6 is 0 Å². The van der Waals surface area contributed by atoms with Crippen molar-refractivity contribution in [3.8, 4) is 11.8 Å². The van der Waals surface area contributed by atoms with Crippen LogP contribution in [0.3, 0.4) is 0 Å². The van der Waals surface area contributed by atoms with Crippen molar-refractivity contribution in [2.75, 3.05) is 0 Å². The molecule has 0 saturated heterocycles. The molecule has 0 aliphatic heterocycles. The Balaban J connectivity index is 2.12. The van der Waals surface area contributed by atoms with E-state index in [4.69, 9.17) is 5.26 Å². The largest absolute Gasteiger partial charge is 0.508 e. The molecule has 2 rings (SSSR count). The van der Waals surface area contributed by atoms with Crippen molar-refractivity contribution in [1.82, 2.24) is 0 Å². The van der Waals surface area contributed by atoms with Crippen LogP contribution in [0.15, 0.2) is 48.5 Å². The monoisotopic (exact) mass is 223 g/mol. The van der Waals surface area contributed by atoms with Crippen molar-refractivity contribution in [2.45, 2.75) is 12.8 Å². The lowest BCUT2D eigenvalue weighted by atomic mass is 10.0. The van der Waals surface area contributed by atoms with E-state index < -0.39 is 0 Å². The summed E-state index contributed by atoms with van der Waals surface area (Å²) in [4.78, 5) is 0. The molecule has 0 atom stereocenters. The lowest BCUT2D eigenvalue weighted by molar-refractivity contribution is 0.468. The average Bonchev–Trinajstić information content (AvgIpc) is 2.39. The van der Waals surface area contributed by atoms with Crippen LogP contribution in [-0.4, -0.2) is 5.11 Å². The molecule has 0 aromatic heterocycles. The number of phenols is 1. The van der Waals surface area contributed by atoms with Crippen LogP contribution < -0.4 is 0 Å². The summed E-state index contributed by atoms with van der Waals surface area (Å²) in [6, 6.07) is 17.1. The molecule has 0 aliphatic rings. The first-order chi connectivity index (χ1) is 8.29. The molecule has 2 aromatic carbocycles. The third-order valence-electron chi connectivity index (χ3n) is 2.73. The Morgan fingerprint density at radius 3 is 2.47 bits per heavy atom. The minimum absolute atomic E-state index is 0.264. The van der Waals surface area contributed by atoms with E-state index in [1.54, 1.807) is 18.2 Å². The number of phenolic OH excluding ortho intramolecular Hbond substituents is 1. The Kier molecular flexibility index (Phi) is 3.42. The Labute approximate surface area is 101 Å². The molecular formula is C15H13NO. The van der Waals surface area contributed by atoms with Crippen molar-refractivity contribution >= 4 is 0 Å². The second kappa shape index (κ2) is 5.18. The minimum atomic E-state index is 0.264. The number of rotatable bonds is 3. The summed E-state index contributed by atoms with van der Waals surface area (Å²) in [5.41, 5.74) is 2.65. The van der Waals surface area contributed by atoms with Gasteiger partial charge in [0.25, 0.3) is 0 Å². The van der Waals surface area contributed by atoms with Gasteiger partial charge in [-0.15, -0.1) is 0 Å². The van der Waals surface area contributed by atoms with Gasteiger partial charge in [-0.05, 0) is 42.2 Å². The number of benzene rings is 2. The molecule has 2 nitrogen and oxygen atoms in total. The van der Waals surface area contributed by atoms with E-state index in [9.17, 15) is 5.11 Å². The second-order valence-corrected chi connectivity index (χ2v) is 3.94. The highest BCUT2D eigenvalue weighted by Gasteiger charge is 2.03. The molecule has 0 amide bonds. The van der Waals surface area contributed by atoms with Crippen molar-refractivity contribution in [2.24, 2.45) is 0 Å². The first kappa shape index (κ1) is 11.2. The minimum Gasteiger partial charge on any atom is -0.508 e. The van der Waals surface area contributed by atoms with Crippen LogP contribution in [0.4, 0.5) is 0 Å². The molecular weight excluding hydrogens is 210 g/mol. The molecule has 84 valence electrons. The highest BCUT2D eigenvalue weighted by Crippen LogP contribution is 2.20. The van der Waals surface area contributed by atoms with E-state index >= 15 is 0 Å². The van der Waals surface area contributed by atoms with Crippen molar-refractivity contribution in [3.05, 3.63) is 65.2 Å². The fraction of sp³-hybridized carbons (Fsp3) is 0.133. The average molecular weight is 223 g/mol. The predicted molar refractivity (Wildman–Crippen MR) is 66.7 cm³/mol. The number of hydrogen-bond acceptors (Lipinski definition) is 2. The smallest absolute Gasteiger partial charge is 0.118 e. The highest BCUT2D eigenvalue weighted by atomic mass is 16.3. The zero-order valence-corrected chi connectivity index (χ0v) is 9.43. The quantitative estimate of drug-likeness (QED) is 0.869. The van der Waals surface area contributed by atoms with Gasteiger partial charge in [0.15, 0.2) is 0 Å². The predicted octanol–water partition coefficient (Wildman–Crippen LogP) is 3.05. The molecule has 2 heteroatoms. The van der Waals surface area contributed by atoms with Crippen LogP contribution in [0.1, 0.15) is 16.7 Å². The van der Waals surface area contributed by atoms with E-state index in [1.807, 2.05) is 18.2 Å². The molecule has 0 aliphatic carbocycles. The Bertz CT molecular complexity index is 541. The fourth-order valence-electron chi connectivity index (χ4n) is 1.78. The lowest BCUT2D eigenvalue weighted by Gasteiger charge is -2.05. The lowest BCUT2D eigenvalue weighted by Crippen LogP contribution is -1.92. The third kappa shape index (κ3) is 2.85. The molecule has 0 heterocycles. The Morgan fingerprint density at radius 1 is 1.00 bits per heavy atom. The molecule has 0 fully saturated rings. The molecule has 0 spiro atoms. The molecule has 17 heavy (non-hydrogen) atoms. The van der Waals surface area contributed by atoms with Crippen molar-refractivity contribution in [3.63, 3.8) is 0 Å². The van der Waals surface area contributed by atoms with Crippen molar-refractivity contribution < 1.29 is 5.11 Å². The van der Waals surface area contributed by atoms with E-state index in [2.05, 4.69) is 18.2 Å². The summed E-state index contributed by atoms with van der Waals surface area (Å²) in [7, 11) is 0. The molecule has 0 radical (unpaired) electrons. The first-order valence-electron chi connectivity index (χ1n) is 5.55. The maximum atomic E-state index is 9.70. The normalized spacial score (nSPS) is 9.82. The van der Waals surface area contributed by atoms with Gasteiger partial charge in [0.05, 0.1) is 11.6 Å². The zero-order chi connectivity index (χ0) is 12.1. The topological polar surface area (TPSA) is 44.0 Å². The number of nitrogens with zero attached hydrogens (tertiary/aromatic N) is 1. The Hall–Kier alpha value is -2.27. The van der Waals surface area contributed by atoms with Gasteiger partial charge in [0, 0.05) is 0 Å². The van der Waals surface area contributed by atoms with Gasteiger partial charge < -0.3 is 5.11 Å². The summed E-state index contributed by atoms with van der Waals surface area (Å²) >= 11 is 0. The molecule has 2 aromatic rings. The van der Waals surface area contributed by atoms with Gasteiger partial charge in [-0.25, -0.2) is 0 Å². The fourth-order valence-corrected chi connectivity index (χ4v) is 1.78. The number of nitriles is 1. The van der Waals surface area contributed by atoms with Crippen LogP contribution in [0.25, 0.3) is 0 Å². The number of hydrogen-bond donors (Lipinski definition) is 1. The SMILES string of the molecule is N#Cc1ccc(O)c(CCc2ccccc2)c1. The van der Waals surface area contributed by atoms with Gasteiger partial charge in [0.2, 0.25) is 0 Å². The molecule has 0 saturated carbocycles. The van der Waals surface area contributed by atoms with Gasteiger partial charge in [0.1, 0.15) is 5.75 Å². The summed E-state index contributed by atoms with van der Waals surface area (Å²) in [5, 5.41) is 18.5. The molecule has 0 bridgehead atoms. The van der Waals surface area contributed by atoms with Crippen LogP contribution in [-0.2, 0) is 12.8 Å². The second-order valence-electron chi connectivity index (χ2n) is 3.94. The van der Waals surface area contributed by atoms with Crippen LogP contribution in [0.2, 0.25) is 0 Å². The van der Waals surface area contributed by atoms with E-state index in [-0.39, 0.29) is 5.75 Å². The Morgan fingerprint density at radius 2 is 1.76 bits per heavy atom. The van der Waals surface area contributed by atoms with Gasteiger partial charge >= 0.3 is 0 Å². The maximum absolute atomic E-state index is 9.70. The first-order valence-corrected chi connectivity index (χ1v) is 5.55. The summed E-state index contributed by atoms with van der Waals surface area (Å²) in [5.74, 6) is 0.264. The number of aromatic hydroxyl groups is 1. The standard InChI is InChI=1S/C15H13NO/c16-11-13-7-9-15(17)14(10-13)8-6-12-4-2-1-3-5-12/h1-5,7,9-10,17H,6,8H2. The summed E-state index contributed by atoms with van der Waals surface area (Å²) < 4.78 is 0. The summed E-state index contributed by atoms with van der Waals surface area (Å²) in [6.07, 6.45) is 1.61. The van der Waals surface area contributed by atoms with Gasteiger partial charge in [-0.3, -0.25) is 0 Å².